The molecule has 1 heterocycles. The smallest absolute Gasteiger partial charge is 0.222 e. The first kappa shape index (κ1) is 9.05. The Morgan fingerprint density at radius 3 is 2.67 bits per heavy atom. The summed E-state index contributed by atoms with van der Waals surface area (Å²) in [7, 11) is 0. The Labute approximate surface area is 73.0 Å². The zero-order valence-corrected chi connectivity index (χ0v) is 7.58. The molecule has 1 saturated heterocycles. The van der Waals surface area contributed by atoms with Crippen molar-refractivity contribution in [1.82, 2.24) is 4.90 Å². The lowest BCUT2D eigenvalue weighted by Gasteiger charge is -2.35. The third-order valence-electron chi connectivity index (χ3n) is 2.00. The van der Waals surface area contributed by atoms with Crippen molar-refractivity contribution in [3.05, 3.63) is 0 Å². The minimum absolute atomic E-state index is 0.0844. The van der Waals surface area contributed by atoms with Crippen molar-refractivity contribution in [2.24, 2.45) is 11.8 Å². The number of hydrogen-bond donors (Lipinski definition) is 0. The van der Waals surface area contributed by atoms with Gasteiger partial charge in [-0.25, -0.2) is 0 Å². The number of carbonyl (C=O) groups is 1. The molecule has 0 unspecified atom stereocenters. The summed E-state index contributed by atoms with van der Waals surface area (Å²) in [5.41, 5.74) is 0. The number of nitrogens with zero attached hydrogens (tertiary/aromatic N) is 2. The maximum absolute atomic E-state index is 11.3. The number of likely N-dealkylation sites (tertiary alicyclic amines) is 1. The maximum atomic E-state index is 11.3. The van der Waals surface area contributed by atoms with E-state index < -0.39 is 0 Å². The molecule has 12 heavy (non-hydrogen) atoms. The summed E-state index contributed by atoms with van der Waals surface area (Å²) in [6.07, 6.45) is 0.609. The molecule has 0 aromatic heterocycles. The Bertz CT molecular complexity index is 211. The fourth-order valence-corrected chi connectivity index (χ4v) is 1.24. The second-order valence-corrected chi connectivity index (χ2v) is 3.72. The number of nitriles is 1. The molecule has 0 aromatic rings. The molecule has 1 aliphatic heterocycles. The van der Waals surface area contributed by atoms with Gasteiger partial charge in [-0.15, -0.1) is 0 Å². The van der Waals surface area contributed by atoms with E-state index in [1.54, 1.807) is 4.90 Å². The minimum Gasteiger partial charge on any atom is -0.340 e. The van der Waals surface area contributed by atoms with Crippen molar-refractivity contribution in [1.29, 1.82) is 5.26 Å². The Hall–Kier alpha value is -1.04. The van der Waals surface area contributed by atoms with Crippen LogP contribution < -0.4 is 0 Å². The number of amides is 1. The average molecular weight is 166 g/mol. The molecular formula is C9H14N2O. The van der Waals surface area contributed by atoms with Crippen molar-refractivity contribution in [3.63, 3.8) is 0 Å². The summed E-state index contributed by atoms with van der Waals surface area (Å²) >= 11 is 0. The minimum atomic E-state index is 0.0844. The van der Waals surface area contributed by atoms with Crippen LogP contribution in [0.5, 0.6) is 0 Å². The summed E-state index contributed by atoms with van der Waals surface area (Å²) < 4.78 is 0. The molecule has 1 rings (SSSR count). The van der Waals surface area contributed by atoms with Gasteiger partial charge in [0.05, 0.1) is 12.0 Å². The van der Waals surface area contributed by atoms with Gasteiger partial charge in [-0.1, -0.05) is 13.8 Å². The van der Waals surface area contributed by atoms with Gasteiger partial charge in [-0.2, -0.15) is 5.26 Å². The van der Waals surface area contributed by atoms with Crippen molar-refractivity contribution in [2.45, 2.75) is 20.3 Å². The molecule has 0 saturated carbocycles. The molecule has 1 fully saturated rings. The predicted octanol–water partition coefficient (Wildman–Crippen LogP) is 1.01. The molecule has 0 atom stereocenters. The van der Waals surface area contributed by atoms with Crippen LogP contribution in [0.2, 0.25) is 0 Å². The Kier molecular flexibility index (Phi) is 2.69. The molecule has 3 heteroatoms. The van der Waals surface area contributed by atoms with E-state index in [1.165, 1.54) is 0 Å². The highest BCUT2D eigenvalue weighted by Gasteiger charge is 2.30. The van der Waals surface area contributed by atoms with Gasteiger partial charge in [0.1, 0.15) is 0 Å². The Balaban J connectivity index is 2.25. The Morgan fingerprint density at radius 2 is 2.25 bits per heavy atom. The van der Waals surface area contributed by atoms with Crippen LogP contribution in [0.25, 0.3) is 0 Å². The second kappa shape index (κ2) is 3.57. The quantitative estimate of drug-likeness (QED) is 0.614. The first-order valence-corrected chi connectivity index (χ1v) is 4.31. The number of rotatable bonds is 2. The predicted molar refractivity (Wildman–Crippen MR) is 45.1 cm³/mol. The lowest BCUT2D eigenvalue weighted by Crippen LogP contribution is -2.49. The lowest BCUT2D eigenvalue weighted by molar-refractivity contribution is -0.137. The topological polar surface area (TPSA) is 44.1 Å². The highest BCUT2D eigenvalue weighted by molar-refractivity contribution is 5.77. The monoisotopic (exact) mass is 166 g/mol. The van der Waals surface area contributed by atoms with E-state index in [-0.39, 0.29) is 11.8 Å². The highest BCUT2D eigenvalue weighted by Crippen LogP contribution is 2.16. The standard InChI is InChI=1S/C9H14N2O/c1-7(2)3-9(12)11-5-8(4-10)6-11/h7-8H,3,5-6H2,1-2H3. The van der Waals surface area contributed by atoms with Gasteiger partial charge >= 0.3 is 0 Å². The molecule has 0 bridgehead atoms. The molecule has 1 amide bonds. The van der Waals surface area contributed by atoms with Gasteiger partial charge in [-0.05, 0) is 5.92 Å². The van der Waals surface area contributed by atoms with Gasteiger partial charge < -0.3 is 4.90 Å². The van der Waals surface area contributed by atoms with Crippen LogP contribution >= 0.6 is 0 Å². The third kappa shape index (κ3) is 1.97. The van der Waals surface area contributed by atoms with Crippen molar-refractivity contribution >= 4 is 5.91 Å². The van der Waals surface area contributed by atoms with E-state index in [2.05, 4.69) is 6.07 Å². The molecule has 0 spiro atoms. The van der Waals surface area contributed by atoms with Gasteiger partial charge in [0.15, 0.2) is 0 Å². The second-order valence-electron chi connectivity index (χ2n) is 3.72. The summed E-state index contributed by atoms with van der Waals surface area (Å²) in [5, 5.41) is 8.48. The number of carbonyl (C=O) groups excluding carboxylic acids is 1. The van der Waals surface area contributed by atoms with Crippen molar-refractivity contribution in [2.75, 3.05) is 13.1 Å². The number of hydrogen-bond acceptors (Lipinski definition) is 2. The van der Waals surface area contributed by atoms with Gasteiger partial charge in [0.25, 0.3) is 0 Å². The molecule has 0 aliphatic carbocycles. The van der Waals surface area contributed by atoms with Gasteiger partial charge in [0.2, 0.25) is 5.91 Å². The molecule has 0 radical (unpaired) electrons. The molecule has 1 aliphatic rings. The normalized spacial score (nSPS) is 17.3. The summed E-state index contributed by atoms with van der Waals surface area (Å²) in [6, 6.07) is 2.15. The maximum Gasteiger partial charge on any atom is 0.222 e. The SMILES string of the molecule is CC(C)CC(=O)N1CC(C#N)C1. The first-order valence-electron chi connectivity index (χ1n) is 4.31. The van der Waals surface area contributed by atoms with E-state index in [0.29, 0.717) is 25.4 Å². The van der Waals surface area contributed by atoms with Gasteiger partial charge in [0, 0.05) is 19.5 Å². The summed E-state index contributed by atoms with van der Waals surface area (Å²) in [6.45, 7) is 5.34. The zero-order valence-electron chi connectivity index (χ0n) is 7.58. The zero-order chi connectivity index (χ0) is 9.14. The van der Waals surface area contributed by atoms with Crippen LogP contribution in [0.15, 0.2) is 0 Å². The molecule has 3 nitrogen and oxygen atoms in total. The van der Waals surface area contributed by atoms with Crippen LogP contribution in [-0.2, 0) is 4.79 Å². The average Bonchev–Trinajstić information content (AvgIpc) is 1.82. The summed E-state index contributed by atoms with van der Waals surface area (Å²) in [4.78, 5) is 13.1. The fraction of sp³-hybridized carbons (Fsp3) is 0.778. The van der Waals surface area contributed by atoms with E-state index in [4.69, 9.17) is 5.26 Å². The molecule has 0 N–H and O–H groups in total. The highest BCUT2D eigenvalue weighted by atomic mass is 16.2. The lowest BCUT2D eigenvalue weighted by atomic mass is 10.00. The molecular weight excluding hydrogens is 152 g/mol. The first-order chi connectivity index (χ1) is 5.63. The van der Waals surface area contributed by atoms with E-state index in [9.17, 15) is 4.79 Å². The van der Waals surface area contributed by atoms with Crippen LogP contribution in [0.3, 0.4) is 0 Å². The molecule has 66 valence electrons. The van der Waals surface area contributed by atoms with Crippen LogP contribution in [0.1, 0.15) is 20.3 Å². The largest absolute Gasteiger partial charge is 0.340 e. The third-order valence-corrected chi connectivity index (χ3v) is 2.00. The van der Waals surface area contributed by atoms with Crippen molar-refractivity contribution in [3.8, 4) is 6.07 Å². The van der Waals surface area contributed by atoms with E-state index in [0.717, 1.165) is 0 Å². The van der Waals surface area contributed by atoms with Crippen molar-refractivity contribution < 1.29 is 4.79 Å². The fourth-order valence-electron chi connectivity index (χ4n) is 1.24. The van der Waals surface area contributed by atoms with E-state index in [1.807, 2.05) is 13.8 Å². The summed E-state index contributed by atoms with van der Waals surface area (Å²) in [5.74, 6) is 0.691. The Morgan fingerprint density at radius 1 is 1.67 bits per heavy atom. The van der Waals surface area contributed by atoms with Crippen LogP contribution in [0, 0.1) is 23.2 Å². The van der Waals surface area contributed by atoms with Crippen LogP contribution in [0.4, 0.5) is 0 Å². The van der Waals surface area contributed by atoms with Crippen LogP contribution in [-0.4, -0.2) is 23.9 Å². The van der Waals surface area contributed by atoms with E-state index >= 15 is 0 Å². The van der Waals surface area contributed by atoms with Gasteiger partial charge in [-0.3, -0.25) is 4.79 Å². The molecule has 0 aromatic carbocycles.